The first-order valence-electron chi connectivity index (χ1n) is 5.68. The summed E-state index contributed by atoms with van der Waals surface area (Å²) in [6.07, 6.45) is -3.33. The average Bonchev–Trinajstić information content (AvgIpc) is 2.85. The maximum absolute atomic E-state index is 12.7. The average molecular weight is 300 g/mol. The molecule has 0 saturated heterocycles. The van der Waals surface area contributed by atoms with Gasteiger partial charge in [-0.15, -0.1) is 0 Å². The van der Waals surface area contributed by atoms with E-state index < -0.39 is 17.8 Å². The van der Waals surface area contributed by atoms with Crippen molar-refractivity contribution in [2.75, 3.05) is 19.8 Å². The van der Waals surface area contributed by atoms with Crippen LogP contribution in [0.4, 0.5) is 19.1 Å². The van der Waals surface area contributed by atoms with Crippen molar-refractivity contribution in [2.45, 2.75) is 6.18 Å². The summed E-state index contributed by atoms with van der Waals surface area (Å²) in [4.78, 5) is 19.8. The number of hydrogen-bond acceptors (Lipinski definition) is 5. The largest absolute Gasteiger partial charge is 0.433 e. The van der Waals surface area contributed by atoms with Crippen molar-refractivity contribution >= 4 is 11.9 Å². The molecular weight excluding hydrogens is 289 g/mol. The van der Waals surface area contributed by atoms with Gasteiger partial charge in [0.2, 0.25) is 5.95 Å². The number of rotatable bonds is 2. The molecule has 112 valence electrons. The Labute approximate surface area is 117 Å². The van der Waals surface area contributed by atoms with E-state index in [4.69, 9.17) is 5.73 Å². The molecule has 1 amide bonds. The van der Waals surface area contributed by atoms with Crippen molar-refractivity contribution < 1.29 is 18.0 Å². The number of anilines is 1. The molecule has 7 nitrogen and oxygen atoms in total. The fourth-order valence-electron chi connectivity index (χ4n) is 1.51. The number of nitrogen functional groups attached to an aromatic ring is 1. The minimum Gasteiger partial charge on any atom is -0.368 e. The van der Waals surface area contributed by atoms with Gasteiger partial charge >= 0.3 is 6.18 Å². The first-order chi connectivity index (χ1) is 9.68. The van der Waals surface area contributed by atoms with E-state index in [1.165, 1.54) is 31.3 Å². The van der Waals surface area contributed by atoms with Crippen LogP contribution in [0.2, 0.25) is 0 Å². The van der Waals surface area contributed by atoms with Crippen LogP contribution in [0.5, 0.6) is 0 Å². The molecule has 10 heteroatoms. The number of halogens is 3. The molecule has 0 aliphatic rings. The normalized spacial score (nSPS) is 11.5. The minimum absolute atomic E-state index is 0.0748. The van der Waals surface area contributed by atoms with Gasteiger partial charge in [0, 0.05) is 26.4 Å². The zero-order chi connectivity index (χ0) is 15.8. The molecule has 2 aromatic rings. The number of nitrogens with zero attached hydrogens (tertiary/aromatic N) is 5. The van der Waals surface area contributed by atoms with Gasteiger partial charge in [0.25, 0.3) is 5.91 Å². The monoisotopic (exact) mass is 300 g/mol. The van der Waals surface area contributed by atoms with Gasteiger partial charge in [0.15, 0.2) is 17.2 Å². The predicted molar refractivity (Wildman–Crippen MR) is 66.6 cm³/mol. The lowest BCUT2D eigenvalue weighted by atomic mass is 10.4. The Bertz CT molecular complexity index is 679. The quantitative estimate of drug-likeness (QED) is 0.892. The van der Waals surface area contributed by atoms with Crippen LogP contribution < -0.4 is 5.73 Å². The van der Waals surface area contributed by atoms with E-state index >= 15 is 0 Å². The van der Waals surface area contributed by atoms with E-state index in [0.29, 0.717) is 6.07 Å². The summed E-state index contributed by atoms with van der Waals surface area (Å²) in [6.45, 7) is 0. The summed E-state index contributed by atoms with van der Waals surface area (Å²) in [5.74, 6) is -1.09. The molecule has 0 saturated carbocycles. The van der Waals surface area contributed by atoms with Crippen LogP contribution in [0.3, 0.4) is 0 Å². The minimum atomic E-state index is -4.65. The maximum atomic E-state index is 12.7. The topological polar surface area (TPSA) is 89.9 Å². The molecule has 2 heterocycles. The number of amides is 1. The Morgan fingerprint density at radius 3 is 2.57 bits per heavy atom. The zero-order valence-corrected chi connectivity index (χ0v) is 11.1. The molecular formula is C11H11F3N6O. The summed E-state index contributed by atoms with van der Waals surface area (Å²) in [5.41, 5.74) is 4.16. The molecule has 21 heavy (non-hydrogen) atoms. The highest BCUT2D eigenvalue weighted by molar-refractivity contribution is 5.91. The molecule has 0 fully saturated rings. The van der Waals surface area contributed by atoms with Crippen LogP contribution in [0, 0.1) is 0 Å². The van der Waals surface area contributed by atoms with Crippen molar-refractivity contribution in [3.8, 4) is 5.82 Å². The second-order valence-corrected chi connectivity index (χ2v) is 4.31. The van der Waals surface area contributed by atoms with E-state index in [0.717, 1.165) is 4.68 Å². The second kappa shape index (κ2) is 5.04. The SMILES string of the molecule is CN(C)C(=O)c1ccn(-c2cc(C(F)(F)F)nc(N)n2)n1. The van der Waals surface area contributed by atoms with Gasteiger partial charge in [-0.3, -0.25) is 4.79 Å². The molecule has 0 atom stereocenters. The smallest absolute Gasteiger partial charge is 0.368 e. The standard InChI is InChI=1S/C11H11F3N6O/c1-19(2)9(21)6-3-4-20(18-6)8-5-7(11(12,13)14)16-10(15)17-8/h3-5H,1-2H3,(H2,15,16,17). The third kappa shape index (κ3) is 3.09. The molecule has 0 spiro atoms. The fourth-order valence-corrected chi connectivity index (χ4v) is 1.51. The van der Waals surface area contributed by atoms with Gasteiger partial charge in [-0.1, -0.05) is 0 Å². The van der Waals surface area contributed by atoms with E-state index in [1.54, 1.807) is 0 Å². The molecule has 0 aliphatic carbocycles. The Morgan fingerprint density at radius 1 is 1.33 bits per heavy atom. The van der Waals surface area contributed by atoms with Crippen LogP contribution in [0.15, 0.2) is 18.3 Å². The van der Waals surface area contributed by atoms with Gasteiger partial charge in [-0.2, -0.15) is 23.3 Å². The van der Waals surface area contributed by atoms with Crippen LogP contribution in [0.1, 0.15) is 16.2 Å². The Morgan fingerprint density at radius 2 is 2.00 bits per heavy atom. The number of nitrogens with two attached hydrogens (primary N) is 1. The first kappa shape index (κ1) is 14.8. The number of carbonyl (C=O) groups excluding carboxylic acids is 1. The van der Waals surface area contributed by atoms with Crippen molar-refractivity contribution in [1.82, 2.24) is 24.6 Å². The molecule has 0 unspecified atom stereocenters. The van der Waals surface area contributed by atoms with E-state index in [2.05, 4.69) is 15.1 Å². The number of carbonyl (C=O) groups is 1. The summed E-state index contributed by atoms with van der Waals surface area (Å²) < 4.78 is 39.0. The van der Waals surface area contributed by atoms with Crippen LogP contribution in [-0.4, -0.2) is 44.7 Å². The lowest BCUT2D eigenvalue weighted by molar-refractivity contribution is -0.141. The van der Waals surface area contributed by atoms with E-state index in [1.807, 2.05) is 0 Å². The first-order valence-corrected chi connectivity index (χ1v) is 5.68. The Hall–Kier alpha value is -2.65. The molecule has 0 aromatic carbocycles. The van der Waals surface area contributed by atoms with Crippen molar-refractivity contribution in [3.05, 3.63) is 29.7 Å². The highest BCUT2D eigenvalue weighted by Gasteiger charge is 2.33. The van der Waals surface area contributed by atoms with Crippen molar-refractivity contribution in [2.24, 2.45) is 0 Å². The van der Waals surface area contributed by atoms with Crippen LogP contribution >= 0.6 is 0 Å². The molecule has 2 N–H and O–H groups in total. The lowest BCUT2D eigenvalue weighted by Crippen LogP contribution is -2.22. The second-order valence-electron chi connectivity index (χ2n) is 4.31. The van der Waals surface area contributed by atoms with Gasteiger partial charge in [0.05, 0.1) is 0 Å². The van der Waals surface area contributed by atoms with Gasteiger partial charge in [-0.05, 0) is 6.07 Å². The van der Waals surface area contributed by atoms with Crippen molar-refractivity contribution in [3.63, 3.8) is 0 Å². The fraction of sp³-hybridized carbons (Fsp3) is 0.273. The molecule has 2 rings (SSSR count). The lowest BCUT2D eigenvalue weighted by Gasteiger charge is -2.09. The van der Waals surface area contributed by atoms with E-state index in [9.17, 15) is 18.0 Å². The number of alkyl halides is 3. The zero-order valence-electron chi connectivity index (χ0n) is 11.1. The highest BCUT2D eigenvalue weighted by atomic mass is 19.4. The predicted octanol–water partition coefficient (Wildman–Crippen LogP) is 0.965. The third-order valence-electron chi connectivity index (χ3n) is 2.47. The summed E-state index contributed by atoms with van der Waals surface area (Å²) in [6, 6.07) is 2.07. The molecule has 0 bridgehead atoms. The number of aromatic nitrogens is 4. The number of hydrogen-bond donors (Lipinski definition) is 1. The third-order valence-corrected chi connectivity index (χ3v) is 2.47. The molecule has 0 radical (unpaired) electrons. The highest BCUT2D eigenvalue weighted by Crippen LogP contribution is 2.28. The maximum Gasteiger partial charge on any atom is 0.433 e. The van der Waals surface area contributed by atoms with Gasteiger partial charge < -0.3 is 10.6 Å². The van der Waals surface area contributed by atoms with E-state index in [-0.39, 0.29) is 17.4 Å². The summed E-state index contributed by atoms with van der Waals surface area (Å²) in [5, 5.41) is 3.88. The van der Waals surface area contributed by atoms with Crippen molar-refractivity contribution in [1.29, 1.82) is 0 Å². The van der Waals surface area contributed by atoms with Gasteiger partial charge in [-0.25, -0.2) is 9.67 Å². The van der Waals surface area contributed by atoms with Gasteiger partial charge in [0.1, 0.15) is 0 Å². The molecule has 2 aromatic heterocycles. The van der Waals surface area contributed by atoms with Crippen LogP contribution in [-0.2, 0) is 6.18 Å². The molecule has 0 aliphatic heterocycles. The van der Waals surface area contributed by atoms with Crippen LogP contribution in [0.25, 0.3) is 5.82 Å². The Kier molecular flexibility index (Phi) is 3.54. The summed E-state index contributed by atoms with van der Waals surface area (Å²) in [7, 11) is 3.07. The summed E-state index contributed by atoms with van der Waals surface area (Å²) >= 11 is 0. The Balaban J connectivity index is 2.43.